The molecule has 132 valence electrons. The average Bonchev–Trinajstić information content (AvgIpc) is 2.57. The zero-order valence-electron chi connectivity index (χ0n) is 13.7. The minimum atomic E-state index is -0.988. The first-order valence-electron chi connectivity index (χ1n) is 8.49. The molecule has 2 heterocycles. The monoisotopic (exact) mass is 347 g/mol. The number of rotatable bonds is 4. The van der Waals surface area contributed by atoms with E-state index in [1.165, 1.54) is 0 Å². The Morgan fingerprint density at radius 1 is 1.20 bits per heavy atom. The molecule has 2 aromatic rings. The van der Waals surface area contributed by atoms with Gasteiger partial charge in [-0.05, 0) is 37.5 Å². The predicted octanol–water partition coefficient (Wildman–Crippen LogP) is 3.77. The minimum absolute atomic E-state index is 0.0131. The van der Waals surface area contributed by atoms with Gasteiger partial charge in [0.05, 0.1) is 31.6 Å². The summed E-state index contributed by atoms with van der Waals surface area (Å²) in [6, 6.07) is 5.88. The van der Waals surface area contributed by atoms with E-state index in [1.54, 1.807) is 6.07 Å². The summed E-state index contributed by atoms with van der Waals surface area (Å²) in [5.41, 5.74) is 2.76. The molecule has 1 aliphatic carbocycles. The zero-order valence-corrected chi connectivity index (χ0v) is 13.7. The second-order valence-electron chi connectivity index (χ2n) is 6.64. The first kappa shape index (κ1) is 16.4. The Morgan fingerprint density at radius 2 is 1.96 bits per heavy atom. The predicted molar refractivity (Wildman–Crippen MR) is 87.2 cm³/mol. The molecule has 1 N–H and O–H groups in total. The van der Waals surface area contributed by atoms with Crippen molar-refractivity contribution < 1.29 is 23.4 Å². The fourth-order valence-corrected chi connectivity index (χ4v) is 3.30. The molecule has 0 spiro atoms. The van der Waals surface area contributed by atoms with Crippen molar-refractivity contribution in [1.29, 1.82) is 0 Å². The van der Waals surface area contributed by atoms with Crippen LogP contribution in [0.3, 0.4) is 0 Å². The van der Waals surface area contributed by atoms with E-state index >= 15 is 0 Å². The molecule has 0 saturated carbocycles. The SMILES string of the molecule is Oc1c(F)cc(-c2ccc3c(n2)CCCC3OCC2COC2)cc1F. The number of aryl methyl sites for hydroxylation is 1. The Morgan fingerprint density at radius 3 is 2.64 bits per heavy atom. The summed E-state index contributed by atoms with van der Waals surface area (Å²) >= 11 is 0. The summed E-state index contributed by atoms with van der Waals surface area (Å²) in [6.45, 7) is 2.20. The lowest BCUT2D eigenvalue weighted by molar-refractivity contribution is -0.0904. The van der Waals surface area contributed by atoms with Crippen LogP contribution in [0, 0.1) is 17.6 Å². The summed E-state index contributed by atoms with van der Waals surface area (Å²) in [5.74, 6) is -2.47. The van der Waals surface area contributed by atoms with Crippen molar-refractivity contribution in [3.8, 4) is 17.0 Å². The van der Waals surface area contributed by atoms with Crippen molar-refractivity contribution in [3.63, 3.8) is 0 Å². The molecule has 0 radical (unpaired) electrons. The number of aromatic hydroxyl groups is 1. The highest BCUT2D eigenvalue weighted by Gasteiger charge is 2.26. The molecule has 1 unspecified atom stereocenters. The smallest absolute Gasteiger partial charge is 0.187 e. The van der Waals surface area contributed by atoms with E-state index in [0.717, 1.165) is 55.9 Å². The molecule has 0 bridgehead atoms. The van der Waals surface area contributed by atoms with Gasteiger partial charge in [0.1, 0.15) is 0 Å². The number of hydrogen-bond donors (Lipinski definition) is 1. The Kier molecular flexibility index (Phi) is 4.39. The van der Waals surface area contributed by atoms with Crippen molar-refractivity contribution >= 4 is 0 Å². The van der Waals surface area contributed by atoms with Gasteiger partial charge in [-0.3, -0.25) is 4.98 Å². The van der Waals surface area contributed by atoms with Crippen LogP contribution in [0.5, 0.6) is 5.75 Å². The normalized spacial score (nSPS) is 20.2. The van der Waals surface area contributed by atoms with Gasteiger partial charge in [0.15, 0.2) is 17.4 Å². The molecular weight excluding hydrogens is 328 g/mol. The molecule has 25 heavy (non-hydrogen) atoms. The van der Waals surface area contributed by atoms with Gasteiger partial charge in [-0.25, -0.2) is 8.78 Å². The maximum atomic E-state index is 13.6. The van der Waals surface area contributed by atoms with Crippen LogP contribution in [-0.4, -0.2) is 29.9 Å². The number of hydrogen-bond acceptors (Lipinski definition) is 4. The molecule has 4 rings (SSSR count). The van der Waals surface area contributed by atoms with Crippen LogP contribution in [-0.2, 0) is 15.9 Å². The Balaban J connectivity index is 1.58. The number of halogens is 2. The minimum Gasteiger partial charge on any atom is -0.503 e. The third-order valence-corrected chi connectivity index (χ3v) is 4.79. The lowest BCUT2D eigenvalue weighted by atomic mass is 9.92. The number of pyridine rings is 1. The van der Waals surface area contributed by atoms with Crippen LogP contribution in [0.2, 0.25) is 0 Å². The van der Waals surface area contributed by atoms with Gasteiger partial charge < -0.3 is 14.6 Å². The zero-order chi connectivity index (χ0) is 17.4. The Labute approximate surface area is 144 Å². The van der Waals surface area contributed by atoms with Crippen molar-refractivity contribution in [1.82, 2.24) is 4.98 Å². The molecule has 1 aromatic carbocycles. The van der Waals surface area contributed by atoms with E-state index in [-0.39, 0.29) is 6.10 Å². The van der Waals surface area contributed by atoms with Gasteiger partial charge in [-0.15, -0.1) is 0 Å². The average molecular weight is 347 g/mol. The molecule has 1 aromatic heterocycles. The number of nitrogens with zero attached hydrogens (tertiary/aromatic N) is 1. The number of ether oxygens (including phenoxy) is 2. The Bertz CT molecular complexity index is 769. The van der Waals surface area contributed by atoms with Gasteiger partial charge in [-0.2, -0.15) is 0 Å². The second-order valence-corrected chi connectivity index (χ2v) is 6.64. The molecule has 1 atom stereocenters. The maximum absolute atomic E-state index is 13.6. The van der Waals surface area contributed by atoms with Crippen LogP contribution < -0.4 is 0 Å². The van der Waals surface area contributed by atoms with E-state index in [9.17, 15) is 13.9 Å². The molecule has 2 aliphatic rings. The number of aromatic nitrogens is 1. The van der Waals surface area contributed by atoms with E-state index in [0.29, 0.717) is 23.8 Å². The summed E-state index contributed by atoms with van der Waals surface area (Å²) in [5, 5.41) is 9.24. The third kappa shape index (κ3) is 3.24. The highest BCUT2D eigenvalue weighted by atomic mass is 19.1. The topological polar surface area (TPSA) is 51.6 Å². The molecule has 0 amide bonds. The van der Waals surface area contributed by atoms with Crippen molar-refractivity contribution in [3.05, 3.63) is 47.2 Å². The van der Waals surface area contributed by atoms with Crippen LogP contribution in [0.1, 0.15) is 30.2 Å². The van der Waals surface area contributed by atoms with Gasteiger partial charge in [-0.1, -0.05) is 6.07 Å². The van der Waals surface area contributed by atoms with Crippen molar-refractivity contribution in [2.24, 2.45) is 5.92 Å². The van der Waals surface area contributed by atoms with Gasteiger partial charge >= 0.3 is 0 Å². The van der Waals surface area contributed by atoms with Crippen molar-refractivity contribution in [2.45, 2.75) is 25.4 Å². The lowest BCUT2D eigenvalue weighted by Gasteiger charge is -2.30. The summed E-state index contributed by atoms with van der Waals surface area (Å²) in [6.07, 6.45) is 2.75. The molecule has 4 nitrogen and oxygen atoms in total. The summed E-state index contributed by atoms with van der Waals surface area (Å²) in [7, 11) is 0. The quantitative estimate of drug-likeness (QED) is 0.915. The molecule has 6 heteroatoms. The lowest BCUT2D eigenvalue weighted by Crippen LogP contribution is -2.32. The van der Waals surface area contributed by atoms with Gasteiger partial charge in [0, 0.05) is 22.7 Å². The van der Waals surface area contributed by atoms with Crippen LogP contribution >= 0.6 is 0 Å². The summed E-state index contributed by atoms with van der Waals surface area (Å²) < 4.78 is 38.4. The second kappa shape index (κ2) is 6.69. The van der Waals surface area contributed by atoms with E-state index < -0.39 is 17.4 Å². The highest BCUT2D eigenvalue weighted by Crippen LogP contribution is 2.35. The maximum Gasteiger partial charge on any atom is 0.187 e. The fourth-order valence-electron chi connectivity index (χ4n) is 3.30. The standard InChI is InChI=1S/C19H19F2NO3/c20-14-6-12(7-15(21)19(14)23)16-5-4-13-17(22-16)2-1-3-18(13)25-10-11-8-24-9-11/h4-7,11,18,23H,1-3,8-10H2. The van der Waals surface area contributed by atoms with E-state index in [4.69, 9.17) is 9.47 Å². The van der Waals surface area contributed by atoms with Crippen LogP contribution in [0.25, 0.3) is 11.3 Å². The third-order valence-electron chi connectivity index (χ3n) is 4.79. The van der Waals surface area contributed by atoms with Gasteiger partial charge in [0.2, 0.25) is 0 Å². The highest BCUT2D eigenvalue weighted by molar-refractivity contribution is 5.61. The number of phenols is 1. The number of fused-ring (bicyclic) bond motifs is 1. The molecular formula is C19H19F2NO3. The van der Waals surface area contributed by atoms with Crippen LogP contribution in [0.4, 0.5) is 8.78 Å². The number of phenolic OH excluding ortho intramolecular Hbond substituents is 1. The first-order valence-corrected chi connectivity index (χ1v) is 8.49. The molecule has 1 fully saturated rings. The van der Waals surface area contributed by atoms with Crippen LogP contribution in [0.15, 0.2) is 24.3 Å². The van der Waals surface area contributed by atoms with E-state index in [1.807, 2.05) is 6.07 Å². The molecule has 1 aliphatic heterocycles. The van der Waals surface area contributed by atoms with Gasteiger partial charge in [0.25, 0.3) is 0 Å². The first-order chi connectivity index (χ1) is 12.1. The number of benzene rings is 1. The van der Waals surface area contributed by atoms with E-state index in [2.05, 4.69) is 4.98 Å². The summed E-state index contributed by atoms with van der Waals surface area (Å²) in [4.78, 5) is 4.59. The Hall–Kier alpha value is -2.05. The molecule has 1 saturated heterocycles. The fraction of sp³-hybridized carbons (Fsp3) is 0.421. The largest absolute Gasteiger partial charge is 0.503 e. The van der Waals surface area contributed by atoms with Crippen molar-refractivity contribution in [2.75, 3.05) is 19.8 Å².